The van der Waals surface area contributed by atoms with E-state index in [1.54, 1.807) is 54.9 Å². The number of para-hydroxylation sites is 1. The van der Waals surface area contributed by atoms with Gasteiger partial charge in [-0.1, -0.05) is 119 Å². The number of benzene rings is 4. The first-order chi connectivity index (χ1) is 27.5. The molecular weight excluding hydrogens is 802 g/mol. The Morgan fingerprint density at radius 1 is 0.614 bits per heavy atom. The highest BCUT2D eigenvalue weighted by Gasteiger charge is 2.23. The molecule has 5 N–H and O–H groups in total. The van der Waals surface area contributed by atoms with Crippen LogP contribution in [0.1, 0.15) is 38.9 Å². The fraction of sp³-hybridized carbons (Fsp3) is 0.0682. The maximum atomic E-state index is 11.0. The van der Waals surface area contributed by atoms with Crippen LogP contribution in [0.5, 0.6) is 11.5 Å². The Balaban J connectivity index is 0.000000173. The smallest absolute Gasteiger partial charge is 0.151 e. The minimum absolute atomic E-state index is 0.0966. The van der Waals surface area contributed by atoms with Crippen LogP contribution in [0.15, 0.2) is 140 Å². The van der Waals surface area contributed by atoms with Gasteiger partial charge in [-0.2, -0.15) is 0 Å². The van der Waals surface area contributed by atoms with Gasteiger partial charge in [-0.25, -0.2) is 9.97 Å². The van der Waals surface area contributed by atoms with Gasteiger partial charge < -0.3 is 21.3 Å². The minimum atomic E-state index is -0.466. The fourth-order valence-electron chi connectivity index (χ4n) is 5.48. The number of anilines is 2. The summed E-state index contributed by atoms with van der Waals surface area (Å²) in [6.45, 7) is 3.83. The fourth-order valence-corrected chi connectivity index (χ4v) is 6.25. The molecule has 8 aromatic rings. The van der Waals surface area contributed by atoms with Crippen molar-refractivity contribution >= 4 is 86.1 Å². The van der Waals surface area contributed by atoms with Crippen molar-refractivity contribution in [3.05, 3.63) is 188 Å². The van der Waals surface area contributed by atoms with Crippen molar-refractivity contribution in [3.63, 3.8) is 0 Å². The van der Waals surface area contributed by atoms with Crippen LogP contribution < -0.4 is 11.1 Å². The van der Waals surface area contributed by atoms with Crippen LogP contribution in [0, 0.1) is 13.8 Å². The predicted molar refractivity (Wildman–Crippen MR) is 233 cm³/mol. The summed E-state index contributed by atoms with van der Waals surface area (Å²) in [4.78, 5) is 27.1. The van der Waals surface area contributed by atoms with E-state index in [9.17, 15) is 15.0 Å². The average molecular weight is 839 g/mol. The maximum Gasteiger partial charge on any atom is 0.151 e. The number of phenolic OH excluding ortho intramolecular Hbond substituents is 2. The van der Waals surface area contributed by atoms with Crippen LogP contribution in [0.4, 0.5) is 11.6 Å². The summed E-state index contributed by atoms with van der Waals surface area (Å²) < 4.78 is 0. The molecule has 4 heterocycles. The van der Waals surface area contributed by atoms with Gasteiger partial charge in [-0.05, 0) is 74.0 Å². The lowest BCUT2D eigenvalue weighted by Gasteiger charge is -2.23. The number of carbonyl (C=O) groups is 1. The van der Waals surface area contributed by atoms with Crippen molar-refractivity contribution in [1.82, 2.24) is 19.9 Å². The van der Waals surface area contributed by atoms with Gasteiger partial charge in [-0.3, -0.25) is 14.8 Å². The molecule has 0 aliphatic rings. The van der Waals surface area contributed by atoms with Crippen LogP contribution in [0.2, 0.25) is 20.1 Å². The Bertz CT molecular complexity index is 2610. The molecule has 9 nitrogen and oxygen atoms in total. The molecule has 288 valence electrons. The van der Waals surface area contributed by atoms with Gasteiger partial charge in [-0.15, -0.1) is 0 Å². The second kappa shape index (κ2) is 20.3. The molecule has 0 spiro atoms. The molecular formula is C44H36Cl4N6O3. The number of rotatable bonds is 5. The van der Waals surface area contributed by atoms with E-state index in [-0.39, 0.29) is 11.5 Å². The van der Waals surface area contributed by atoms with Crippen molar-refractivity contribution in [2.45, 2.75) is 19.9 Å². The summed E-state index contributed by atoms with van der Waals surface area (Å²) in [5.41, 5.74) is 10.2. The summed E-state index contributed by atoms with van der Waals surface area (Å²) >= 11 is 24.0. The number of fused-ring (bicyclic) bond motifs is 2. The maximum absolute atomic E-state index is 11.0. The number of hydrogen-bond acceptors (Lipinski definition) is 9. The Morgan fingerprint density at radius 2 is 1.19 bits per heavy atom. The third-order valence-electron chi connectivity index (χ3n) is 8.19. The number of pyridine rings is 4. The first kappa shape index (κ1) is 42.2. The molecule has 1 atom stereocenters. The quantitative estimate of drug-likeness (QED) is 0.124. The van der Waals surface area contributed by atoms with Crippen LogP contribution in [-0.4, -0.2) is 36.4 Å². The third-order valence-corrected chi connectivity index (χ3v) is 9.86. The number of hydrogen-bond donors (Lipinski definition) is 4. The number of nitrogens with zero attached hydrogens (tertiary/aromatic N) is 4. The van der Waals surface area contributed by atoms with Crippen molar-refractivity contribution in [3.8, 4) is 11.5 Å². The van der Waals surface area contributed by atoms with Crippen LogP contribution in [0.3, 0.4) is 0 Å². The molecule has 1 unspecified atom stereocenters. The molecule has 0 aliphatic carbocycles. The van der Waals surface area contributed by atoms with Gasteiger partial charge in [0, 0.05) is 45.7 Å². The molecule has 8 rings (SSSR count). The number of aromatic nitrogens is 4. The molecule has 0 aliphatic heterocycles. The van der Waals surface area contributed by atoms with Crippen molar-refractivity contribution in [2.24, 2.45) is 0 Å². The number of aromatic hydroxyl groups is 2. The van der Waals surface area contributed by atoms with Gasteiger partial charge in [0.2, 0.25) is 0 Å². The number of aryl methyl sites for hydroxylation is 2. The second-order valence-electron chi connectivity index (χ2n) is 12.3. The molecule has 13 heteroatoms. The number of carbonyl (C=O) groups excluding carboxylic acids is 1. The van der Waals surface area contributed by atoms with Gasteiger partial charge in [0.1, 0.15) is 34.2 Å². The highest BCUT2D eigenvalue weighted by atomic mass is 35.5. The first-order valence-electron chi connectivity index (χ1n) is 17.3. The SMILES string of the molecule is Cc1cccc(N)n1.Cc1cccc(NC(c2cccc(Cl)c2Cl)c2ccc3cccnc3c2O)n1.O=Cc1cccc(Cl)c1Cl.Oc1cccc2cccnc12. The monoisotopic (exact) mass is 836 g/mol. The lowest BCUT2D eigenvalue weighted by atomic mass is 9.96. The Kier molecular flexibility index (Phi) is 15.0. The number of nitrogens with two attached hydrogens (primary N) is 1. The van der Waals surface area contributed by atoms with Crippen LogP contribution in [0.25, 0.3) is 21.8 Å². The van der Waals surface area contributed by atoms with E-state index in [1.807, 2.05) is 98.8 Å². The molecule has 0 amide bonds. The number of nitrogens with one attached hydrogen (secondary N) is 1. The first-order valence-corrected chi connectivity index (χ1v) is 18.8. The highest BCUT2D eigenvalue weighted by Crippen LogP contribution is 2.40. The van der Waals surface area contributed by atoms with E-state index in [2.05, 4.69) is 25.3 Å². The zero-order chi connectivity index (χ0) is 40.9. The molecule has 0 fully saturated rings. The summed E-state index contributed by atoms with van der Waals surface area (Å²) in [6, 6.07) is 37.8. The van der Waals surface area contributed by atoms with E-state index in [4.69, 9.17) is 52.1 Å². The van der Waals surface area contributed by atoms with Crippen molar-refractivity contribution in [1.29, 1.82) is 0 Å². The van der Waals surface area contributed by atoms with E-state index < -0.39 is 6.04 Å². The van der Waals surface area contributed by atoms with Crippen LogP contribution in [-0.2, 0) is 0 Å². The lowest BCUT2D eigenvalue weighted by molar-refractivity contribution is 0.112. The summed E-state index contributed by atoms with van der Waals surface area (Å²) in [5, 5.41) is 27.1. The Hall–Kier alpha value is -5.97. The Morgan fingerprint density at radius 3 is 1.81 bits per heavy atom. The normalized spacial score (nSPS) is 10.8. The molecule has 0 saturated heterocycles. The number of aldehydes is 1. The molecule has 0 bridgehead atoms. The largest absolute Gasteiger partial charge is 0.506 e. The summed E-state index contributed by atoms with van der Waals surface area (Å²) in [5.74, 6) is 1.59. The standard InChI is InChI=1S/C22H17Cl2N3O.C9H7NO.C7H4Cl2O.C6H8N2/c1-13-5-2-9-18(26-13)27-21(15-7-3-8-17(23)19(15)24)16-11-10-14-6-4-12-25-20(14)22(16)28;11-8-5-1-3-7-4-2-6-10-9(7)8;8-6-3-1-2-5(4-10)7(6)9;1-5-3-2-4-6(7)8-5/h2-12,21,28H,1H3,(H,26,27);1-6,11H;1-4H;2-4H,1H3,(H2,7,8). The molecule has 4 aromatic heterocycles. The number of halogens is 4. The van der Waals surface area contributed by atoms with Gasteiger partial charge >= 0.3 is 0 Å². The van der Waals surface area contributed by atoms with Crippen molar-refractivity contribution < 1.29 is 15.0 Å². The third kappa shape index (κ3) is 11.3. The van der Waals surface area contributed by atoms with E-state index in [0.717, 1.165) is 27.7 Å². The van der Waals surface area contributed by atoms with Crippen LogP contribution >= 0.6 is 46.4 Å². The topological polar surface area (TPSA) is 147 Å². The molecule has 57 heavy (non-hydrogen) atoms. The van der Waals surface area contributed by atoms with Crippen molar-refractivity contribution in [2.75, 3.05) is 11.1 Å². The van der Waals surface area contributed by atoms with E-state index in [0.29, 0.717) is 60.2 Å². The molecule has 0 saturated carbocycles. The lowest BCUT2D eigenvalue weighted by Crippen LogP contribution is -2.14. The van der Waals surface area contributed by atoms with E-state index >= 15 is 0 Å². The molecule has 4 aromatic carbocycles. The van der Waals surface area contributed by atoms with E-state index in [1.165, 1.54) is 0 Å². The zero-order valence-electron chi connectivity index (χ0n) is 30.6. The number of phenols is 2. The number of nitrogen functional groups attached to an aromatic ring is 1. The van der Waals surface area contributed by atoms with Gasteiger partial charge in [0.15, 0.2) is 6.29 Å². The summed E-state index contributed by atoms with van der Waals surface area (Å²) in [7, 11) is 0. The Labute approximate surface area is 349 Å². The second-order valence-corrected chi connectivity index (χ2v) is 13.9. The predicted octanol–water partition coefficient (Wildman–Crippen LogP) is 11.9. The molecule has 0 radical (unpaired) electrons. The average Bonchev–Trinajstić information content (AvgIpc) is 3.21. The van der Waals surface area contributed by atoms with Gasteiger partial charge in [0.25, 0.3) is 0 Å². The summed E-state index contributed by atoms with van der Waals surface area (Å²) in [6.07, 6.45) is 4.00. The van der Waals surface area contributed by atoms with Gasteiger partial charge in [0.05, 0.1) is 26.1 Å². The zero-order valence-corrected chi connectivity index (χ0v) is 33.6. The minimum Gasteiger partial charge on any atom is -0.506 e. The highest BCUT2D eigenvalue weighted by molar-refractivity contribution is 6.43.